The van der Waals surface area contributed by atoms with Gasteiger partial charge in [0, 0.05) is 10.9 Å². The van der Waals surface area contributed by atoms with Crippen molar-refractivity contribution in [3.8, 4) is 0 Å². The average molecular weight is 339 g/mol. The standard InChI is InChI=1S/C15H15F2N3O2S/c1-3-22-13(21)6-11-8-23-15(19-11)20-18-7-10-4-9(2)5-12(16)14(10)17/h4-5,7-8H,3,6H2,1-2H3,(H,19,20). The summed E-state index contributed by atoms with van der Waals surface area (Å²) < 4.78 is 31.7. The van der Waals surface area contributed by atoms with Gasteiger partial charge in [-0.2, -0.15) is 5.10 Å². The molecule has 0 fully saturated rings. The number of benzene rings is 1. The van der Waals surface area contributed by atoms with E-state index >= 15 is 0 Å². The second-order valence-electron chi connectivity index (χ2n) is 4.65. The van der Waals surface area contributed by atoms with Crippen LogP contribution in [-0.4, -0.2) is 23.8 Å². The lowest BCUT2D eigenvalue weighted by molar-refractivity contribution is -0.142. The number of thiazole rings is 1. The maximum Gasteiger partial charge on any atom is 0.311 e. The number of aromatic nitrogens is 1. The fourth-order valence-corrected chi connectivity index (χ4v) is 2.46. The molecule has 2 rings (SSSR count). The first-order valence-electron chi connectivity index (χ1n) is 6.84. The molecule has 0 unspecified atom stereocenters. The molecule has 0 aliphatic carbocycles. The molecule has 0 radical (unpaired) electrons. The van der Waals surface area contributed by atoms with Crippen LogP contribution < -0.4 is 5.43 Å². The summed E-state index contributed by atoms with van der Waals surface area (Å²) in [7, 11) is 0. The third-order valence-corrected chi connectivity index (χ3v) is 3.54. The van der Waals surface area contributed by atoms with E-state index in [9.17, 15) is 13.6 Å². The third kappa shape index (κ3) is 4.82. The number of anilines is 1. The van der Waals surface area contributed by atoms with Gasteiger partial charge in [-0.1, -0.05) is 0 Å². The highest BCUT2D eigenvalue weighted by Gasteiger charge is 2.09. The minimum absolute atomic E-state index is 0.0401. The summed E-state index contributed by atoms with van der Waals surface area (Å²) in [5, 5.41) is 5.97. The zero-order valence-electron chi connectivity index (χ0n) is 12.6. The van der Waals surface area contributed by atoms with Crippen LogP contribution in [0.15, 0.2) is 22.6 Å². The lowest BCUT2D eigenvalue weighted by Crippen LogP contribution is -2.07. The fraction of sp³-hybridized carbons (Fsp3) is 0.267. The Kier molecular flexibility index (Phi) is 5.75. The molecule has 0 bridgehead atoms. The van der Waals surface area contributed by atoms with Gasteiger partial charge in [0.05, 0.1) is 24.9 Å². The number of hydrazone groups is 1. The summed E-state index contributed by atoms with van der Waals surface area (Å²) in [5.41, 5.74) is 3.81. The van der Waals surface area contributed by atoms with Gasteiger partial charge in [-0.3, -0.25) is 10.2 Å². The molecule has 0 spiro atoms. The molecule has 23 heavy (non-hydrogen) atoms. The molecule has 2 aromatic rings. The van der Waals surface area contributed by atoms with Crippen molar-refractivity contribution < 1.29 is 18.3 Å². The van der Waals surface area contributed by atoms with E-state index in [1.807, 2.05) is 0 Å². The van der Waals surface area contributed by atoms with E-state index in [4.69, 9.17) is 4.74 Å². The van der Waals surface area contributed by atoms with Crippen molar-refractivity contribution in [2.45, 2.75) is 20.3 Å². The van der Waals surface area contributed by atoms with E-state index in [-0.39, 0.29) is 18.0 Å². The molecular weight excluding hydrogens is 324 g/mol. The van der Waals surface area contributed by atoms with Crippen LogP contribution in [0.1, 0.15) is 23.7 Å². The molecule has 1 aromatic carbocycles. The fourth-order valence-electron chi connectivity index (χ4n) is 1.80. The third-order valence-electron chi connectivity index (χ3n) is 2.75. The molecule has 0 saturated carbocycles. The van der Waals surface area contributed by atoms with Crippen LogP contribution in [0.3, 0.4) is 0 Å². The minimum Gasteiger partial charge on any atom is -0.466 e. The summed E-state index contributed by atoms with van der Waals surface area (Å²) in [6.07, 6.45) is 1.26. The Morgan fingerprint density at radius 2 is 2.26 bits per heavy atom. The Morgan fingerprint density at radius 1 is 1.48 bits per heavy atom. The molecule has 122 valence electrons. The number of halogens is 2. The molecule has 1 heterocycles. The molecule has 0 saturated heterocycles. The number of nitrogens with zero attached hydrogens (tertiary/aromatic N) is 2. The van der Waals surface area contributed by atoms with E-state index in [1.54, 1.807) is 19.2 Å². The quantitative estimate of drug-likeness (QED) is 0.498. The first-order chi connectivity index (χ1) is 11.0. The van der Waals surface area contributed by atoms with Crippen LogP contribution in [0, 0.1) is 18.6 Å². The number of carbonyl (C=O) groups excluding carboxylic acids is 1. The van der Waals surface area contributed by atoms with E-state index in [1.165, 1.54) is 23.6 Å². The molecule has 8 heteroatoms. The lowest BCUT2D eigenvalue weighted by Gasteiger charge is -2.00. The van der Waals surface area contributed by atoms with Crippen molar-refractivity contribution in [3.63, 3.8) is 0 Å². The number of hydrogen-bond acceptors (Lipinski definition) is 6. The van der Waals surface area contributed by atoms with Gasteiger partial charge in [0.2, 0.25) is 5.13 Å². The van der Waals surface area contributed by atoms with Crippen molar-refractivity contribution >= 4 is 28.7 Å². The van der Waals surface area contributed by atoms with Gasteiger partial charge in [0.15, 0.2) is 11.6 Å². The van der Waals surface area contributed by atoms with Crippen LogP contribution in [0.2, 0.25) is 0 Å². The zero-order valence-corrected chi connectivity index (χ0v) is 13.4. The van der Waals surface area contributed by atoms with Crippen molar-refractivity contribution in [2.24, 2.45) is 5.10 Å². The second kappa shape index (κ2) is 7.77. The Bertz CT molecular complexity index is 732. The number of esters is 1. The molecule has 1 aromatic heterocycles. The maximum atomic E-state index is 13.6. The van der Waals surface area contributed by atoms with Crippen LogP contribution >= 0.6 is 11.3 Å². The molecule has 5 nitrogen and oxygen atoms in total. The van der Waals surface area contributed by atoms with E-state index in [0.29, 0.717) is 23.0 Å². The molecule has 0 aliphatic rings. The van der Waals surface area contributed by atoms with Gasteiger partial charge in [0.25, 0.3) is 0 Å². The SMILES string of the molecule is CCOC(=O)Cc1csc(NN=Cc2cc(C)cc(F)c2F)n1. The number of rotatable bonds is 6. The molecular formula is C15H15F2N3O2S. The van der Waals surface area contributed by atoms with Crippen LogP contribution in [0.4, 0.5) is 13.9 Å². The Hall–Kier alpha value is -2.35. The molecule has 0 aliphatic heterocycles. The zero-order chi connectivity index (χ0) is 16.8. The first kappa shape index (κ1) is 17.0. The van der Waals surface area contributed by atoms with Crippen LogP contribution in [0.25, 0.3) is 0 Å². The molecule has 0 atom stereocenters. The molecule has 1 N–H and O–H groups in total. The van der Waals surface area contributed by atoms with E-state index in [2.05, 4.69) is 15.5 Å². The van der Waals surface area contributed by atoms with Crippen molar-refractivity contribution in [3.05, 3.63) is 46.0 Å². The summed E-state index contributed by atoms with van der Waals surface area (Å²) in [5.74, 6) is -2.23. The second-order valence-corrected chi connectivity index (χ2v) is 5.50. The highest BCUT2D eigenvalue weighted by atomic mass is 32.1. The average Bonchev–Trinajstić information content (AvgIpc) is 2.91. The van der Waals surface area contributed by atoms with Crippen molar-refractivity contribution in [1.29, 1.82) is 0 Å². The van der Waals surface area contributed by atoms with Gasteiger partial charge in [-0.25, -0.2) is 13.8 Å². The largest absolute Gasteiger partial charge is 0.466 e. The maximum absolute atomic E-state index is 13.6. The summed E-state index contributed by atoms with van der Waals surface area (Å²) in [4.78, 5) is 15.5. The van der Waals surface area contributed by atoms with Crippen molar-refractivity contribution in [1.82, 2.24) is 4.98 Å². The van der Waals surface area contributed by atoms with Gasteiger partial charge < -0.3 is 4.74 Å². The Morgan fingerprint density at radius 3 is 3.00 bits per heavy atom. The van der Waals surface area contributed by atoms with E-state index < -0.39 is 11.6 Å². The number of ether oxygens (including phenoxy) is 1. The highest BCUT2D eigenvalue weighted by molar-refractivity contribution is 7.13. The first-order valence-corrected chi connectivity index (χ1v) is 7.72. The summed E-state index contributed by atoms with van der Waals surface area (Å²) >= 11 is 1.24. The highest BCUT2D eigenvalue weighted by Crippen LogP contribution is 2.17. The monoisotopic (exact) mass is 339 g/mol. The Balaban J connectivity index is 1.99. The van der Waals surface area contributed by atoms with Gasteiger partial charge in [0.1, 0.15) is 0 Å². The Labute approximate surface area is 136 Å². The minimum atomic E-state index is -0.955. The number of aryl methyl sites for hydroxylation is 1. The summed E-state index contributed by atoms with van der Waals surface area (Å²) in [6, 6.07) is 2.60. The lowest BCUT2D eigenvalue weighted by atomic mass is 10.1. The van der Waals surface area contributed by atoms with E-state index in [0.717, 1.165) is 6.07 Å². The number of carbonyl (C=O) groups is 1. The number of nitrogens with one attached hydrogen (secondary N) is 1. The molecule has 0 amide bonds. The van der Waals surface area contributed by atoms with Gasteiger partial charge >= 0.3 is 5.97 Å². The smallest absolute Gasteiger partial charge is 0.311 e. The normalized spacial score (nSPS) is 11.0. The van der Waals surface area contributed by atoms with Gasteiger partial charge in [-0.15, -0.1) is 11.3 Å². The van der Waals surface area contributed by atoms with Gasteiger partial charge in [-0.05, 0) is 31.5 Å². The summed E-state index contributed by atoms with van der Waals surface area (Å²) in [6.45, 7) is 3.71. The van der Waals surface area contributed by atoms with Crippen molar-refractivity contribution in [2.75, 3.05) is 12.0 Å². The van der Waals surface area contributed by atoms with Crippen LogP contribution in [-0.2, 0) is 16.0 Å². The predicted molar refractivity (Wildman–Crippen MR) is 84.8 cm³/mol. The topological polar surface area (TPSA) is 63.6 Å². The predicted octanol–water partition coefficient (Wildman–Crippen LogP) is 3.28. The number of hydrogen-bond donors (Lipinski definition) is 1. The van der Waals surface area contributed by atoms with Crippen LogP contribution in [0.5, 0.6) is 0 Å².